The van der Waals surface area contributed by atoms with E-state index in [2.05, 4.69) is 40.9 Å². The SMILES string of the molecule is CC(O)CC(C)NC1CCCc2sc(I)cc21. The van der Waals surface area contributed by atoms with Gasteiger partial charge in [0.1, 0.15) is 0 Å². The molecule has 0 bridgehead atoms. The van der Waals surface area contributed by atoms with E-state index in [-0.39, 0.29) is 6.10 Å². The van der Waals surface area contributed by atoms with E-state index in [1.54, 1.807) is 4.88 Å². The lowest BCUT2D eigenvalue weighted by molar-refractivity contribution is 0.167. The summed E-state index contributed by atoms with van der Waals surface area (Å²) in [5.41, 5.74) is 1.50. The summed E-state index contributed by atoms with van der Waals surface area (Å²) >= 11 is 4.35. The highest BCUT2D eigenvalue weighted by Crippen LogP contribution is 2.36. The molecule has 4 heteroatoms. The van der Waals surface area contributed by atoms with E-state index in [1.807, 2.05) is 18.3 Å². The molecule has 0 saturated heterocycles. The van der Waals surface area contributed by atoms with Crippen molar-refractivity contribution in [1.29, 1.82) is 0 Å². The molecule has 2 nitrogen and oxygen atoms in total. The molecular weight excluding hydrogens is 345 g/mol. The molecule has 0 amide bonds. The van der Waals surface area contributed by atoms with Crippen LogP contribution in [0.4, 0.5) is 0 Å². The highest BCUT2D eigenvalue weighted by atomic mass is 127. The van der Waals surface area contributed by atoms with Gasteiger partial charge in [-0.05, 0) is 73.8 Å². The number of fused-ring (bicyclic) bond motifs is 1. The van der Waals surface area contributed by atoms with Crippen LogP contribution in [0, 0.1) is 2.88 Å². The molecule has 1 heterocycles. The van der Waals surface area contributed by atoms with Gasteiger partial charge in [0.15, 0.2) is 0 Å². The standard InChI is InChI=1S/C13H20INOS/c1-8(6-9(2)16)15-11-4-3-5-12-10(11)7-13(14)17-12/h7-9,11,15-16H,3-6H2,1-2H3. The Balaban J connectivity index is 2.03. The predicted octanol–water partition coefficient (Wildman–Crippen LogP) is 3.48. The van der Waals surface area contributed by atoms with Gasteiger partial charge in [-0.3, -0.25) is 0 Å². The molecular formula is C13H20INOS. The third kappa shape index (κ3) is 3.66. The molecule has 1 aromatic heterocycles. The maximum absolute atomic E-state index is 9.41. The number of nitrogens with one attached hydrogen (secondary N) is 1. The summed E-state index contributed by atoms with van der Waals surface area (Å²) in [6.45, 7) is 4.02. The predicted molar refractivity (Wildman–Crippen MR) is 81.6 cm³/mol. The van der Waals surface area contributed by atoms with Gasteiger partial charge >= 0.3 is 0 Å². The van der Waals surface area contributed by atoms with Gasteiger partial charge < -0.3 is 10.4 Å². The first kappa shape index (κ1) is 13.8. The van der Waals surface area contributed by atoms with E-state index >= 15 is 0 Å². The van der Waals surface area contributed by atoms with Crippen molar-refractivity contribution in [2.24, 2.45) is 0 Å². The number of thiophene rings is 1. The summed E-state index contributed by atoms with van der Waals surface area (Å²) in [6, 6.07) is 3.20. The molecule has 0 saturated carbocycles. The van der Waals surface area contributed by atoms with Crippen LogP contribution >= 0.6 is 33.9 Å². The molecule has 96 valence electrons. The first-order valence-electron chi connectivity index (χ1n) is 6.28. The van der Waals surface area contributed by atoms with E-state index in [0.29, 0.717) is 12.1 Å². The molecule has 0 radical (unpaired) electrons. The maximum atomic E-state index is 9.41. The van der Waals surface area contributed by atoms with Crippen molar-refractivity contribution in [1.82, 2.24) is 5.32 Å². The van der Waals surface area contributed by atoms with Crippen molar-refractivity contribution >= 4 is 33.9 Å². The average molecular weight is 365 g/mol. The number of aryl methyl sites for hydroxylation is 1. The van der Waals surface area contributed by atoms with E-state index in [0.717, 1.165) is 6.42 Å². The smallest absolute Gasteiger partial charge is 0.0659 e. The van der Waals surface area contributed by atoms with Crippen LogP contribution in [0.15, 0.2) is 6.07 Å². The quantitative estimate of drug-likeness (QED) is 0.801. The fourth-order valence-corrected chi connectivity index (χ4v) is 4.74. The minimum absolute atomic E-state index is 0.219. The highest BCUT2D eigenvalue weighted by Gasteiger charge is 2.23. The van der Waals surface area contributed by atoms with Crippen molar-refractivity contribution in [2.45, 2.75) is 57.7 Å². The van der Waals surface area contributed by atoms with Crippen molar-refractivity contribution in [3.05, 3.63) is 19.4 Å². The Kier molecular flexibility index (Phi) is 4.86. The molecule has 1 aromatic rings. The zero-order valence-electron chi connectivity index (χ0n) is 10.4. The zero-order valence-corrected chi connectivity index (χ0v) is 13.3. The molecule has 2 N–H and O–H groups in total. The Morgan fingerprint density at radius 3 is 3.06 bits per heavy atom. The summed E-state index contributed by atoms with van der Waals surface area (Å²) in [5, 5.41) is 13.1. The van der Waals surface area contributed by atoms with Crippen LogP contribution in [-0.2, 0) is 6.42 Å². The molecule has 3 unspecified atom stereocenters. The summed E-state index contributed by atoms with van der Waals surface area (Å²) in [7, 11) is 0. The minimum atomic E-state index is -0.219. The first-order chi connectivity index (χ1) is 8.06. The zero-order chi connectivity index (χ0) is 12.4. The van der Waals surface area contributed by atoms with Crippen molar-refractivity contribution < 1.29 is 5.11 Å². The van der Waals surface area contributed by atoms with Crippen LogP contribution in [0.2, 0.25) is 0 Å². The highest BCUT2D eigenvalue weighted by molar-refractivity contribution is 14.1. The van der Waals surface area contributed by atoms with Gasteiger partial charge in [0.05, 0.1) is 8.99 Å². The van der Waals surface area contributed by atoms with Crippen LogP contribution in [0.5, 0.6) is 0 Å². The van der Waals surface area contributed by atoms with Crippen molar-refractivity contribution in [3.63, 3.8) is 0 Å². The van der Waals surface area contributed by atoms with Gasteiger partial charge in [-0.1, -0.05) is 0 Å². The number of halogens is 1. The van der Waals surface area contributed by atoms with Crippen LogP contribution in [0.1, 0.15) is 49.6 Å². The summed E-state index contributed by atoms with van der Waals surface area (Å²) in [4.78, 5) is 1.56. The molecule has 0 aromatic carbocycles. The lowest BCUT2D eigenvalue weighted by atomic mass is 9.93. The third-order valence-corrected chi connectivity index (χ3v) is 5.24. The van der Waals surface area contributed by atoms with Gasteiger partial charge in [0.2, 0.25) is 0 Å². The van der Waals surface area contributed by atoms with E-state index in [4.69, 9.17) is 0 Å². The van der Waals surface area contributed by atoms with Gasteiger partial charge in [-0.25, -0.2) is 0 Å². The van der Waals surface area contributed by atoms with Crippen LogP contribution in [-0.4, -0.2) is 17.3 Å². The number of aliphatic hydroxyl groups is 1. The molecule has 2 rings (SSSR count). The third-order valence-electron chi connectivity index (χ3n) is 3.26. The average Bonchev–Trinajstić information content (AvgIpc) is 2.58. The maximum Gasteiger partial charge on any atom is 0.0659 e. The van der Waals surface area contributed by atoms with Crippen molar-refractivity contribution in [3.8, 4) is 0 Å². The van der Waals surface area contributed by atoms with E-state index < -0.39 is 0 Å². The Morgan fingerprint density at radius 2 is 2.35 bits per heavy atom. The van der Waals surface area contributed by atoms with Gasteiger partial charge in [-0.15, -0.1) is 11.3 Å². The number of hydrogen-bond acceptors (Lipinski definition) is 3. The first-order valence-corrected chi connectivity index (χ1v) is 8.18. The molecule has 0 fully saturated rings. The lowest BCUT2D eigenvalue weighted by Gasteiger charge is -2.27. The van der Waals surface area contributed by atoms with Crippen LogP contribution in [0.3, 0.4) is 0 Å². The van der Waals surface area contributed by atoms with E-state index in [9.17, 15) is 5.11 Å². The normalized spacial score (nSPS) is 23.2. The molecule has 3 atom stereocenters. The molecule has 17 heavy (non-hydrogen) atoms. The molecule has 0 spiro atoms. The largest absolute Gasteiger partial charge is 0.393 e. The lowest BCUT2D eigenvalue weighted by Crippen LogP contribution is -2.34. The molecule has 1 aliphatic carbocycles. The summed E-state index contributed by atoms with van der Waals surface area (Å²) in [6.07, 6.45) is 4.36. The van der Waals surface area contributed by atoms with Crippen molar-refractivity contribution in [2.75, 3.05) is 0 Å². The Morgan fingerprint density at radius 1 is 1.59 bits per heavy atom. The number of aliphatic hydroxyl groups excluding tert-OH is 1. The van der Waals surface area contributed by atoms with Gasteiger partial charge in [0, 0.05) is 17.0 Å². The Bertz CT molecular complexity index is 377. The topological polar surface area (TPSA) is 32.3 Å². The summed E-state index contributed by atoms with van der Waals surface area (Å²) < 4.78 is 1.39. The van der Waals surface area contributed by atoms with Crippen LogP contribution in [0.25, 0.3) is 0 Å². The number of rotatable bonds is 4. The number of hydrogen-bond donors (Lipinski definition) is 2. The minimum Gasteiger partial charge on any atom is -0.393 e. The van der Waals surface area contributed by atoms with E-state index in [1.165, 1.54) is 27.7 Å². The molecule has 0 aliphatic heterocycles. The second kappa shape index (κ2) is 5.99. The molecule has 1 aliphatic rings. The summed E-state index contributed by atoms with van der Waals surface area (Å²) in [5.74, 6) is 0. The fraction of sp³-hybridized carbons (Fsp3) is 0.692. The second-order valence-electron chi connectivity index (χ2n) is 5.03. The fourth-order valence-electron chi connectivity index (χ4n) is 2.62. The Labute approximate surface area is 121 Å². The second-order valence-corrected chi connectivity index (χ2v) is 8.06. The van der Waals surface area contributed by atoms with Gasteiger partial charge in [0.25, 0.3) is 0 Å². The monoisotopic (exact) mass is 365 g/mol. The van der Waals surface area contributed by atoms with Crippen LogP contribution < -0.4 is 5.32 Å². The Hall–Kier alpha value is 0.350. The van der Waals surface area contributed by atoms with Gasteiger partial charge in [-0.2, -0.15) is 0 Å².